The van der Waals surface area contributed by atoms with E-state index in [-0.39, 0.29) is 11.9 Å². The van der Waals surface area contributed by atoms with E-state index in [4.69, 9.17) is 9.47 Å². The molecule has 1 aromatic rings. The zero-order valence-electron chi connectivity index (χ0n) is 43.1. The summed E-state index contributed by atoms with van der Waals surface area (Å²) >= 11 is 1.74. The van der Waals surface area contributed by atoms with Crippen molar-refractivity contribution in [2.75, 3.05) is 47.4 Å². The summed E-state index contributed by atoms with van der Waals surface area (Å²) in [6, 6.07) is 0. The molecule has 2 heterocycles. The number of likely N-dealkylation sites (N-methyl/N-ethyl adjacent to an activating group) is 1. The third kappa shape index (κ3) is 43.3. The highest BCUT2D eigenvalue weighted by molar-refractivity contribution is 7.12. The molecule has 0 amide bonds. The van der Waals surface area contributed by atoms with Crippen molar-refractivity contribution in [2.24, 2.45) is 0 Å². The zero-order chi connectivity index (χ0) is 47.6. The molecule has 9 heteroatoms. The van der Waals surface area contributed by atoms with Crippen LogP contribution < -0.4 is 0 Å². The van der Waals surface area contributed by atoms with Crippen LogP contribution in [-0.4, -0.2) is 81.8 Å². The maximum atomic E-state index is 12.3. The lowest BCUT2D eigenvalue weighted by Gasteiger charge is -2.22. The van der Waals surface area contributed by atoms with Crippen LogP contribution in [0.25, 0.3) is 0 Å². The first kappa shape index (κ1) is 64.9. The third-order valence-electron chi connectivity index (χ3n) is 10.7. The Kier molecular flexibility index (Phi) is 53.9. The molecule has 0 saturated heterocycles. The van der Waals surface area contributed by atoms with Gasteiger partial charge in [-0.2, -0.15) is 0 Å². The van der Waals surface area contributed by atoms with E-state index in [2.05, 4.69) is 42.8 Å². The van der Waals surface area contributed by atoms with Gasteiger partial charge in [0, 0.05) is 48.7 Å². The van der Waals surface area contributed by atoms with Crippen LogP contribution in [0.2, 0.25) is 0 Å². The van der Waals surface area contributed by atoms with Gasteiger partial charge in [-0.15, -0.1) is 11.3 Å². The number of rotatable bonds is 35. The highest BCUT2D eigenvalue weighted by Crippen LogP contribution is 2.32. The maximum Gasteiger partial charge on any atom is 0.339 e. The number of carbonyl (C=O) groups is 4. The van der Waals surface area contributed by atoms with Crippen molar-refractivity contribution in [1.29, 1.82) is 0 Å². The van der Waals surface area contributed by atoms with Crippen LogP contribution in [0.3, 0.4) is 0 Å². The molecule has 370 valence electrons. The van der Waals surface area contributed by atoms with Gasteiger partial charge in [0.1, 0.15) is 12.6 Å². The molecule has 2 rings (SSSR count). The number of esters is 2. The monoisotopic (exact) mass is 907 g/mol. The Labute approximate surface area is 394 Å². The smallest absolute Gasteiger partial charge is 0.339 e. The summed E-state index contributed by atoms with van der Waals surface area (Å²) in [5.41, 5.74) is 2.06. The predicted molar refractivity (Wildman–Crippen MR) is 273 cm³/mol. The Hall–Kier alpha value is -2.36. The standard InChI is InChI=1S/C18H34O.C17H32O3.C15H24N2O2S.2C2H6/c1-2-3-4-5-6-7-8-9-10-11-12-13-14-15-16-17-18-19;1-2-3-4-5-6-7-8-9-13-16-20-17(19)14-11-10-12-15-18;1-11-14(15(18)19-9-5-7-16(2)3)12-6-8-17(4)10-13(12)20-11;2*1-2/h9-10,18H,2-8,11-17H2,1H3;15H,2-14,16H2,1H3;5-10H2,1-4H3;2*1-2H3/b10-9-;;;;. The first-order valence-electron chi connectivity index (χ1n) is 26.0. The quantitative estimate of drug-likeness (QED) is 0.0288. The summed E-state index contributed by atoms with van der Waals surface area (Å²) in [5.74, 6) is -0.251. The number of thiophene rings is 1. The molecule has 8 nitrogen and oxygen atoms in total. The number of allylic oxidation sites excluding steroid dienone is 2. The van der Waals surface area contributed by atoms with Crippen molar-refractivity contribution >= 4 is 35.8 Å². The number of aryl methyl sites for hydroxylation is 1. The molecule has 0 spiro atoms. The van der Waals surface area contributed by atoms with Gasteiger partial charge in [0.25, 0.3) is 0 Å². The van der Waals surface area contributed by atoms with Gasteiger partial charge in [-0.3, -0.25) is 4.79 Å². The van der Waals surface area contributed by atoms with Gasteiger partial charge in [-0.05, 0) is 97.8 Å². The summed E-state index contributed by atoms with van der Waals surface area (Å²) in [6.45, 7) is 18.5. The van der Waals surface area contributed by atoms with Crippen molar-refractivity contribution in [2.45, 2.75) is 241 Å². The minimum atomic E-state index is -0.136. The summed E-state index contributed by atoms with van der Waals surface area (Å²) < 4.78 is 10.6. The number of unbranched alkanes of at least 4 members (excludes halogenated alkanes) is 22. The molecule has 1 aliphatic heterocycles. The average Bonchev–Trinajstić information content (AvgIpc) is 3.62. The summed E-state index contributed by atoms with van der Waals surface area (Å²) in [4.78, 5) is 50.7. The summed E-state index contributed by atoms with van der Waals surface area (Å²) in [5, 5.41) is 0. The van der Waals surface area contributed by atoms with E-state index in [0.717, 1.165) is 94.0 Å². The molecular weight excluding hydrogens is 805 g/mol. The van der Waals surface area contributed by atoms with Gasteiger partial charge in [0.15, 0.2) is 0 Å². The van der Waals surface area contributed by atoms with Gasteiger partial charge < -0.3 is 28.9 Å². The lowest BCUT2D eigenvalue weighted by atomic mass is 10.0. The van der Waals surface area contributed by atoms with E-state index in [1.807, 2.05) is 48.7 Å². The van der Waals surface area contributed by atoms with Crippen molar-refractivity contribution in [3.8, 4) is 0 Å². The first-order valence-corrected chi connectivity index (χ1v) is 26.8. The van der Waals surface area contributed by atoms with Crippen LogP contribution in [0, 0.1) is 6.92 Å². The molecule has 0 unspecified atom stereocenters. The molecule has 0 aliphatic carbocycles. The van der Waals surface area contributed by atoms with Crippen molar-refractivity contribution in [3.63, 3.8) is 0 Å². The van der Waals surface area contributed by atoms with Gasteiger partial charge in [0.05, 0.1) is 18.8 Å². The lowest BCUT2D eigenvalue weighted by molar-refractivity contribution is -0.144. The normalized spacial score (nSPS) is 11.8. The third-order valence-corrected chi connectivity index (χ3v) is 11.8. The minimum absolute atomic E-state index is 0.115. The largest absolute Gasteiger partial charge is 0.466 e. The molecule has 0 saturated carbocycles. The second-order valence-electron chi connectivity index (χ2n) is 16.7. The Bertz CT molecular complexity index is 1180. The highest BCUT2D eigenvalue weighted by Gasteiger charge is 2.26. The number of hydrogen-bond acceptors (Lipinski definition) is 9. The van der Waals surface area contributed by atoms with Crippen LogP contribution >= 0.6 is 11.3 Å². The van der Waals surface area contributed by atoms with E-state index in [0.29, 0.717) is 26.1 Å². The van der Waals surface area contributed by atoms with Crippen LogP contribution in [0.15, 0.2) is 12.2 Å². The number of fused-ring (bicyclic) bond motifs is 1. The fraction of sp³-hybridized carbons (Fsp3) is 0.815. The molecule has 0 radical (unpaired) electrons. The summed E-state index contributed by atoms with van der Waals surface area (Å²) in [7, 11) is 6.17. The Morgan fingerprint density at radius 2 is 1.06 bits per heavy atom. The van der Waals surface area contributed by atoms with Crippen LogP contribution in [-0.2, 0) is 36.8 Å². The lowest BCUT2D eigenvalue weighted by Crippen LogP contribution is -2.26. The minimum Gasteiger partial charge on any atom is -0.466 e. The molecule has 0 aromatic carbocycles. The predicted octanol–water partition coefficient (Wildman–Crippen LogP) is 15.2. The molecule has 0 fully saturated rings. The van der Waals surface area contributed by atoms with Crippen LogP contribution in [0.5, 0.6) is 0 Å². The molecular formula is C54H102N2O6S. The van der Waals surface area contributed by atoms with Crippen molar-refractivity contribution in [3.05, 3.63) is 33.0 Å². The number of hydrogen-bond donors (Lipinski definition) is 0. The van der Waals surface area contributed by atoms with E-state index in [1.54, 1.807) is 11.3 Å². The van der Waals surface area contributed by atoms with Crippen LogP contribution in [0.4, 0.5) is 0 Å². The number of ether oxygens (including phenoxy) is 2. The first-order chi connectivity index (χ1) is 30.7. The van der Waals surface area contributed by atoms with E-state index in [9.17, 15) is 19.2 Å². The van der Waals surface area contributed by atoms with Gasteiger partial charge in [-0.25, -0.2) is 4.79 Å². The molecule has 63 heavy (non-hydrogen) atoms. The second kappa shape index (κ2) is 52.3. The van der Waals surface area contributed by atoms with Crippen LogP contribution in [0.1, 0.15) is 247 Å². The number of aldehydes is 2. The number of carbonyl (C=O) groups excluding carboxylic acids is 4. The zero-order valence-corrected chi connectivity index (χ0v) is 43.9. The Balaban J connectivity index is -0.000000823. The van der Waals surface area contributed by atoms with Crippen molar-refractivity contribution in [1.82, 2.24) is 9.80 Å². The summed E-state index contributed by atoms with van der Waals surface area (Å²) in [6.07, 6.45) is 40.3. The number of nitrogens with zero attached hydrogens (tertiary/aromatic N) is 2. The Morgan fingerprint density at radius 1 is 0.619 bits per heavy atom. The molecule has 1 aliphatic rings. The van der Waals surface area contributed by atoms with Gasteiger partial charge in [0.2, 0.25) is 0 Å². The molecule has 0 N–H and O–H groups in total. The fourth-order valence-corrected chi connectivity index (χ4v) is 8.31. The molecule has 0 atom stereocenters. The van der Waals surface area contributed by atoms with Gasteiger partial charge in [-0.1, -0.05) is 156 Å². The van der Waals surface area contributed by atoms with E-state index in [1.165, 1.54) is 132 Å². The van der Waals surface area contributed by atoms with E-state index < -0.39 is 0 Å². The topological polar surface area (TPSA) is 93.2 Å². The van der Waals surface area contributed by atoms with E-state index >= 15 is 0 Å². The highest BCUT2D eigenvalue weighted by atomic mass is 32.1. The molecule has 0 bridgehead atoms. The van der Waals surface area contributed by atoms with Crippen molar-refractivity contribution < 1.29 is 28.7 Å². The molecule has 1 aromatic heterocycles. The average molecular weight is 907 g/mol. The maximum absolute atomic E-state index is 12.3. The Morgan fingerprint density at radius 3 is 1.56 bits per heavy atom. The van der Waals surface area contributed by atoms with Gasteiger partial charge >= 0.3 is 11.9 Å². The second-order valence-corrected chi connectivity index (χ2v) is 18.0. The fourth-order valence-electron chi connectivity index (χ4n) is 7.02. The SMILES string of the molecule is CC.CC.CCCCCCCC/C=C\CCCCCCCC=O.CCCCCCCCCCCOC(=O)CCCCC=O.Cc1sc2c(c1C(=O)OCCCN(C)C)CCN(C)C2.